The number of aromatic nitrogens is 1. The Hall–Kier alpha value is -2.99. The summed E-state index contributed by atoms with van der Waals surface area (Å²) >= 11 is 0. The number of nitrogens with one attached hydrogen (secondary N) is 2. The number of pyridine rings is 1. The van der Waals surface area contributed by atoms with Gasteiger partial charge in [0, 0.05) is 23.0 Å². The van der Waals surface area contributed by atoms with Gasteiger partial charge in [-0.05, 0) is 53.9 Å². The van der Waals surface area contributed by atoms with Crippen LogP contribution in [0.5, 0.6) is 17.2 Å². The monoisotopic (exact) mass is 366 g/mol. The number of hydrogen-bond donors (Lipinski definition) is 2. The maximum absolute atomic E-state index is 12.8. The highest BCUT2D eigenvalue weighted by atomic mass is 16.5. The fraction of sp³-hybridized carbons (Fsp3) is 0.286. The van der Waals surface area contributed by atoms with Crippen LogP contribution in [-0.4, -0.2) is 32.9 Å². The van der Waals surface area contributed by atoms with E-state index in [2.05, 4.69) is 10.3 Å². The highest BCUT2D eigenvalue weighted by Gasteiger charge is 2.26. The molecule has 0 saturated carbocycles. The smallest absolute Gasteiger partial charge is 0.253 e. The van der Waals surface area contributed by atoms with Crippen LogP contribution < -0.4 is 25.1 Å². The molecule has 2 heterocycles. The van der Waals surface area contributed by atoms with Crippen LogP contribution in [0.1, 0.15) is 22.7 Å². The van der Waals surface area contributed by atoms with Crippen molar-refractivity contribution in [3.8, 4) is 17.2 Å². The standard InChI is InChI=1S/C21H22N2O4/c1-25-14-4-5-17-13(8-14)9-16(21(24)23-17)20-15-11-19(27-3)18(26-2)10-12(15)6-7-22-20/h4-5,8-11,20,22H,6-7H2,1-3H3,(H,23,24)/t20-/m1/s1. The first-order chi connectivity index (χ1) is 13.1. The summed E-state index contributed by atoms with van der Waals surface area (Å²) in [6.45, 7) is 0.780. The topological polar surface area (TPSA) is 72.6 Å². The molecular weight excluding hydrogens is 344 g/mol. The van der Waals surface area contributed by atoms with Crippen LogP contribution in [0.3, 0.4) is 0 Å². The van der Waals surface area contributed by atoms with E-state index in [1.54, 1.807) is 21.3 Å². The average molecular weight is 366 g/mol. The van der Waals surface area contributed by atoms with Crippen molar-refractivity contribution in [2.75, 3.05) is 27.9 Å². The quantitative estimate of drug-likeness (QED) is 0.743. The summed E-state index contributed by atoms with van der Waals surface area (Å²) in [7, 11) is 4.88. The van der Waals surface area contributed by atoms with E-state index in [1.807, 2.05) is 36.4 Å². The first-order valence-electron chi connectivity index (χ1n) is 8.83. The van der Waals surface area contributed by atoms with Gasteiger partial charge in [0.15, 0.2) is 11.5 Å². The van der Waals surface area contributed by atoms with Crippen LogP contribution in [0, 0.1) is 0 Å². The lowest BCUT2D eigenvalue weighted by molar-refractivity contribution is 0.353. The first-order valence-corrected chi connectivity index (χ1v) is 8.83. The Labute approximate surface area is 157 Å². The molecule has 3 aromatic rings. The van der Waals surface area contributed by atoms with Crippen molar-refractivity contribution >= 4 is 10.9 Å². The molecule has 1 aromatic heterocycles. The molecule has 0 fully saturated rings. The number of aromatic amines is 1. The number of hydrogen-bond acceptors (Lipinski definition) is 5. The maximum atomic E-state index is 12.8. The number of benzene rings is 2. The second-order valence-electron chi connectivity index (χ2n) is 6.55. The van der Waals surface area contributed by atoms with Gasteiger partial charge in [-0.3, -0.25) is 4.79 Å². The van der Waals surface area contributed by atoms with Gasteiger partial charge in [0.1, 0.15) is 5.75 Å². The summed E-state index contributed by atoms with van der Waals surface area (Å²) in [6.07, 6.45) is 0.867. The molecule has 4 rings (SSSR count). The molecule has 6 nitrogen and oxygen atoms in total. The summed E-state index contributed by atoms with van der Waals surface area (Å²) in [5.74, 6) is 2.11. The molecule has 0 spiro atoms. The van der Waals surface area contributed by atoms with Gasteiger partial charge in [0.25, 0.3) is 5.56 Å². The molecule has 0 radical (unpaired) electrons. The van der Waals surface area contributed by atoms with Gasteiger partial charge < -0.3 is 24.5 Å². The van der Waals surface area contributed by atoms with E-state index in [9.17, 15) is 4.79 Å². The normalized spacial score (nSPS) is 16.0. The predicted octanol–water partition coefficient (Wildman–Crippen LogP) is 2.79. The number of H-pyrrole nitrogens is 1. The summed E-state index contributed by atoms with van der Waals surface area (Å²) in [4.78, 5) is 15.8. The van der Waals surface area contributed by atoms with Gasteiger partial charge in [-0.15, -0.1) is 0 Å². The van der Waals surface area contributed by atoms with Crippen LogP contribution >= 0.6 is 0 Å². The Kier molecular flexibility index (Phi) is 4.49. The van der Waals surface area contributed by atoms with Crippen LogP contribution in [0.15, 0.2) is 41.2 Å². The molecule has 0 amide bonds. The molecule has 27 heavy (non-hydrogen) atoms. The molecule has 1 aliphatic heterocycles. The third kappa shape index (κ3) is 3.02. The van der Waals surface area contributed by atoms with Crippen molar-refractivity contribution < 1.29 is 14.2 Å². The summed E-state index contributed by atoms with van der Waals surface area (Å²) in [6, 6.07) is 11.3. The zero-order valence-corrected chi connectivity index (χ0v) is 15.6. The van der Waals surface area contributed by atoms with Gasteiger partial charge in [0.05, 0.1) is 27.4 Å². The second kappa shape index (κ2) is 6.96. The van der Waals surface area contributed by atoms with E-state index in [0.717, 1.165) is 40.7 Å². The molecule has 6 heteroatoms. The summed E-state index contributed by atoms with van der Waals surface area (Å²) in [5, 5.41) is 4.40. The van der Waals surface area contributed by atoms with E-state index < -0.39 is 0 Å². The van der Waals surface area contributed by atoms with Crippen molar-refractivity contribution in [1.82, 2.24) is 10.3 Å². The minimum atomic E-state index is -0.215. The fourth-order valence-electron chi connectivity index (χ4n) is 3.70. The maximum Gasteiger partial charge on any atom is 0.253 e. The molecular formula is C21H22N2O4. The molecule has 0 bridgehead atoms. The Morgan fingerprint density at radius 2 is 1.70 bits per heavy atom. The minimum absolute atomic E-state index is 0.104. The third-order valence-corrected chi connectivity index (χ3v) is 5.09. The van der Waals surface area contributed by atoms with Gasteiger partial charge in [-0.1, -0.05) is 0 Å². The molecule has 1 aliphatic rings. The van der Waals surface area contributed by atoms with Crippen LogP contribution in [0.25, 0.3) is 10.9 Å². The lowest BCUT2D eigenvalue weighted by atomic mass is 9.89. The van der Waals surface area contributed by atoms with E-state index in [4.69, 9.17) is 14.2 Å². The lowest BCUT2D eigenvalue weighted by Gasteiger charge is -2.28. The van der Waals surface area contributed by atoms with Crippen molar-refractivity contribution in [1.29, 1.82) is 0 Å². The van der Waals surface area contributed by atoms with Crippen molar-refractivity contribution in [3.05, 3.63) is 63.4 Å². The molecule has 140 valence electrons. The Balaban J connectivity index is 1.87. The number of fused-ring (bicyclic) bond motifs is 2. The Morgan fingerprint density at radius 1 is 0.926 bits per heavy atom. The summed E-state index contributed by atoms with van der Waals surface area (Å²) in [5.41, 5.74) is 3.54. The van der Waals surface area contributed by atoms with E-state index >= 15 is 0 Å². The second-order valence-corrected chi connectivity index (χ2v) is 6.55. The van der Waals surface area contributed by atoms with Crippen molar-refractivity contribution in [3.63, 3.8) is 0 Å². The van der Waals surface area contributed by atoms with Crippen LogP contribution in [0.4, 0.5) is 0 Å². The van der Waals surface area contributed by atoms with E-state index in [1.165, 1.54) is 0 Å². The van der Waals surface area contributed by atoms with Gasteiger partial charge in [-0.2, -0.15) is 0 Å². The Morgan fingerprint density at radius 3 is 2.44 bits per heavy atom. The predicted molar refractivity (Wildman–Crippen MR) is 104 cm³/mol. The fourth-order valence-corrected chi connectivity index (χ4v) is 3.70. The zero-order chi connectivity index (χ0) is 19.0. The molecule has 0 aliphatic carbocycles. The Bertz CT molecular complexity index is 1060. The van der Waals surface area contributed by atoms with Gasteiger partial charge in [-0.25, -0.2) is 0 Å². The highest BCUT2D eigenvalue weighted by Crippen LogP contribution is 2.37. The lowest BCUT2D eigenvalue weighted by Crippen LogP contribution is -2.34. The van der Waals surface area contributed by atoms with Crippen LogP contribution in [-0.2, 0) is 6.42 Å². The highest BCUT2D eigenvalue weighted by molar-refractivity contribution is 5.80. The van der Waals surface area contributed by atoms with Crippen molar-refractivity contribution in [2.24, 2.45) is 0 Å². The molecule has 0 unspecified atom stereocenters. The average Bonchev–Trinajstić information content (AvgIpc) is 2.71. The molecule has 2 N–H and O–H groups in total. The largest absolute Gasteiger partial charge is 0.497 e. The van der Waals surface area contributed by atoms with Crippen LogP contribution in [0.2, 0.25) is 0 Å². The zero-order valence-electron chi connectivity index (χ0n) is 15.6. The van der Waals surface area contributed by atoms with Gasteiger partial charge >= 0.3 is 0 Å². The number of ether oxygens (including phenoxy) is 3. The van der Waals surface area contributed by atoms with Crippen molar-refractivity contribution in [2.45, 2.75) is 12.5 Å². The molecule has 1 atom stereocenters. The van der Waals surface area contributed by atoms with E-state index in [-0.39, 0.29) is 11.6 Å². The third-order valence-electron chi connectivity index (χ3n) is 5.09. The summed E-state index contributed by atoms with van der Waals surface area (Å²) < 4.78 is 16.2. The minimum Gasteiger partial charge on any atom is -0.497 e. The first kappa shape index (κ1) is 17.4. The molecule has 0 saturated heterocycles. The van der Waals surface area contributed by atoms with Gasteiger partial charge in [0.2, 0.25) is 0 Å². The number of rotatable bonds is 4. The molecule has 2 aromatic carbocycles. The van der Waals surface area contributed by atoms with E-state index in [0.29, 0.717) is 17.1 Å². The number of methoxy groups -OCH3 is 3. The SMILES string of the molecule is COc1ccc2[nH]c(=O)c([C@@H]3NCCc4cc(OC)c(OC)cc43)cc2c1.